The van der Waals surface area contributed by atoms with Crippen molar-refractivity contribution >= 4 is 33.0 Å². The number of fused-ring (bicyclic) bond motifs is 1. The number of likely N-dealkylation sites (N-methyl/N-ethyl adjacent to an activating group) is 1. The number of aromatic nitrogens is 1. The van der Waals surface area contributed by atoms with Crippen LogP contribution in [0.25, 0.3) is 11.1 Å². The van der Waals surface area contributed by atoms with Crippen LogP contribution < -0.4 is 5.32 Å². The second-order valence-electron chi connectivity index (χ2n) is 9.14. The van der Waals surface area contributed by atoms with Gasteiger partial charge in [-0.05, 0) is 50.6 Å². The first kappa shape index (κ1) is 26.8. The van der Waals surface area contributed by atoms with E-state index in [4.69, 9.17) is 4.42 Å². The maximum atomic E-state index is 13.5. The van der Waals surface area contributed by atoms with Crippen LogP contribution in [0, 0.1) is 12.3 Å². The molecule has 0 aliphatic carbocycles. The van der Waals surface area contributed by atoms with E-state index in [-0.39, 0.29) is 48.0 Å². The van der Waals surface area contributed by atoms with Crippen molar-refractivity contribution in [1.29, 1.82) is 0 Å². The zero-order valence-electron chi connectivity index (χ0n) is 20.5. The van der Waals surface area contributed by atoms with Gasteiger partial charge in [0, 0.05) is 19.2 Å². The number of nitrogens with one attached hydrogen (secondary N) is 1. The highest BCUT2D eigenvalue weighted by Crippen LogP contribution is 2.25. The Hall–Kier alpha value is -2.79. The molecule has 1 aromatic heterocycles. The molecule has 0 fully saturated rings. The number of nitrogens with zero attached hydrogens (tertiary/aromatic N) is 3. The molecular formula is C25H33N4O5S. The zero-order chi connectivity index (χ0) is 25.6. The van der Waals surface area contributed by atoms with Gasteiger partial charge >= 0.3 is 6.01 Å². The normalized spacial score (nSPS) is 13.1. The molecule has 1 radical (unpaired) electrons. The van der Waals surface area contributed by atoms with E-state index < -0.39 is 16.1 Å². The van der Waals surface area contributed by atoms with Gasteiger partial charge in [-0.3, -0.25) is 10.1 Å². The molecule has 0 spiro atoms. The third kappa shape index (κ3) is 7.60. The van der Waals surface area contributed by atoms with Crippen molar-refractivity contribution in [2.45, 2.75) is 31.3 Å². The molecule has 0 aliphatic heterocycles. The molecule has 189 valence electrons. The summed E-state index contributed by atoms with van der Waals surface area (Å²) in [5, 5.41) is 13.2. The number of rotatable bonds is 12. The summed E-state index contributed by atoms with van der Waals surface area (Å²) < 4.78 is 33.9. The fraction of sp³-hybridized carbons (Fsp3) is 0.400. The van der Waals surface area contributed by atoms with Crippen molar-refractivity contribution in [2.75, 3.05) is 39.0 Å². The average Bonchev–Trinajstić information content (AvgIpc) is 3.18. The van der Waals surface area contributed by atoms with Gasteiger partial charge in [0.05, 0.1) is 17.5 Å². The minimum Gasteiger partial charge on any atom is -0.423 e. The Morgan fingerprint density at radius 1 is 1.14 bits per heavy atom. The van der Waals surface area contributed by atoms with Crippen LogP contribution in [-0.4, -0.2) is 73.5 Å². The molecule has 2 N–H and O–H groups in total. The number of carbonyl (C=O) groups excluding carboxylic acids is 1. The van der Waals surface area contributed by atoms with Crippen LogP contribution in [0.3, 0.4) is 0 Å². The van der Waals surface area contributed by atoms with Crippen molar-refractivity contribution in [1.82, 2.24) is 14.2 Å². The molecule has 1 atom stereocenters. The predicted molar refractivity (Wildman–Crippen MR) is 135 cm³/mol. The number of amides is 1. The molecule has 3 rings (SSSR count). The highest BCUT2D eigenvalue weighted by molar-refractivity contribution is 7.89. The number of hydrogen-bond acceptors (Lipinski definition) is 7. The van der Waals surface area contributed by atoms with Gasteiger partial charge in [0.1, 0.15) is 5.52 Å². The van der Waals surface area contributed by atoms with Gasteiger partial charge in [0.25, 0.3) is 0 Å². The number of benzene rings is 2. The molecule has 9 nitrogen and oxygen atoms in total. The Morgan fingerprint density at radius 3 is 2.51 bits per heavy atom. The first-order chi connectivity index (χ1) is 16.5. The molecule has 0 saturated heterocycles. The van der Waals surface area contributed by atoms with Gasteiger partial charge in [-0.1, -0.05) is 44.2 Å². The average molecular weight is 502 g/mol. The Balaban J connectivity index is 1.77. The quantitative estimate of drug-likeness (QED) is 0.392. The lowest BCUT2D eigenvalue weighted by Crippen LogP contribution is -2.40. The van der Waals surface area contributed by atoms with E-state index in [9.17, 15) is 18.3 Å². The summed E-state index contributed by atoms with van der Waals surface area (Å²) in [6.45, 7) is 4.19. The van der Waals surface area contributed by atoms with Gasteiger partial charge < -0.3 is 14.4 Å². The van der Waals surface area contributed by atoms with Crippen LogP contribution in [0.1, 0.15) is 19.4 Å². The zero-order valence-corrected chi connectivity index (χ0v) is 21.3. The monoisotopic (exact) mass is 501 g/mol. The third-order valence-electron chi connectivity index (χ3n) is 5.13. The SMILES string of the molecule is CC(C)CN(CC(O)[CH]Cc1ccccc1)S(=O)(=O)c1ccc2nc(NC(=O)CN(C)C)oc2c1. The highest BCUT2D eigenvalue weighted by atomic mass is 32.2. The molecule has 1 heterocycles. The van der Waals surface area contributed by atoms with E-state index in [1.807, 2.05) is 44.2 Å². The van der Waals surface area contributed by atoms with Gasteiger partial charge in [-0.25, -0.2) is 8.42 Å². The van der Waals surface area contributed by atoms with Crippen molar-refractivity contribution in [2.24, 2.45) is 5.92 Å². The van der Waals surface area contributed by atoms with E-state index in [1.54, 1.807) is 31.5 Å². The minimum absolute atomic E-state index is 0.00590. The standard InChI is InChI=1S/C25H33N4O5S/c1-18(2)15-29(16-20(30)11-10-19-8-6-5-7-9-19)35(32,33)21-12-13-22-23(14-21)34-25(26-22)27-24(31)17-28(3)4/h5-9,11-14,18,20,30H,10,15-17H2,1-4H3,(H,26,27,31). The summed E-state index contributed by atoms with van der Waals surface area (Å²) in [4.78, 5) is 17.9. The molecule has 0 aliphatic rings. The van der Waals surface area contributed by atoms with Crippen LogP contribution in [0.2, 0.25) is 0 Å². The summed E-state index contributed by atoms with van der Waals surface area (Å²) in [5.41, 5.74) is 1.71. The third-order valence-corrected chi connectivity index (χ3v) is 6.96. The molecule has 3 aromatic rings. The number of aliphatic hydroxyl groups is 1. The summed E-state index contributed by atoms with van der Waals surface area (Å²) in [7, 11) is -0.392. The van der Waals surface area contributed by atoms with Crippen LogP contribution in [0.5, 0.6) is 0 Å². The predicted octanol–water partition coefficient (Wildman–Crippen LogP) is 2.78. The van der Waals surface area contributed by atoms with Crippen LogP contribution in [-0.2, 0) is 21.2 Å². The van der Waals surface area contributed by atoms with Crippen LogP contribution >= 0.6 is 0 Å². The number of aliphatic hydroxyl groups excluding tert-OH is 1. The number of hydrogen-bond donors (Lipinski definition) is 2. The number of sulfonamides is 1. The second-order valence-corrected chi connectivity index (χ2v) is 11.1. The lowest BCUT2D eigenvalue weighted by molar-refractivity contribution is -0.116. The molecule has 10 heteroatoms. The molecule has 2 aromatic carbocycles. The fourth-order valence-electron chi connectivity index (χ4n) is 3.56. The Labute approximate surface area is 206 Å². The number of carbonyl (C=O) groups is 1. The lowest BCUT2D eigenvalue weighted by Gasteiger charge is -2.26. The Bertz CT molecular complexity index is 1230. The van der Waals surface area contributed by atoms with E-state index in [1.165, 1.54) is 16.4 Å². The molecule has 0 bridgehead atoms. The maximum Gasteiger partial charge on any atom is 0.302 e. The van der Waals surface area contributed by atoms with Gasteiger partial charge in [0.2, 0.25) is 15.9 Å². The van der Waals surface area contributed by atoms with E-state index in [0.717, 1.165) is 5.56 Å². The minimum atomic E-state index is -3.92. The van der Waals surface area contributed by atoms with Gasteiger partial charge in [-0.2, -0.15) is 9.29 Å². The smallest absolute Gasteiger partial charge is 0.302 e. The lowest BCUT2D eigenvalue weighted by atomic mass is 10.1. The van der Waals surface area contributed by atoms with Crippen LogP contribution in [0.4, 0.5) is 6.01 Å². The van der Waals surface area contributed by atoms with Crippen molar-refractivity contribution < 1.29 is 22.7 Å². The fourth-order valence-corrected chi connectivity index (χ4v) is 5.20. The van der Waals surface area contributed by atoms with Crippen molar-refractivity contribution in [3.05, 3.63) is 60.5 Å². The number of oxazole rings is 1. The largest absolute Gasteiger partial charge is 0.423 e. The van der Waals surface area contributed by atoms with E-state index in [2.05, 4.69) is 10.3 Å². The van der Waals surface area contributed by atoms with Gasteiger partial charge in [0.15, 0.2) is 5.58 Å². The summed E-state index contributed by atoms with van der Waals surface area (Å²) in [5.74, 6) is -0.239. The topological polar surface area (TPSA) is 116 Å². The molecule has 1 unspecified atom stereocenters. The molecule has 35 heavy (non-hydrogen) atoms. The maximum absolute atomic E-state index is 13.5. The Kier molecular flexibility index (Phi) is 9.01. The second kappa shape index (κ2) is 11.8. The molecule has 0 saturated carbocycles. The summed E-state index contributed by atoms with van der Waals surface area (Å²) >= 11 is 0. The molecular weight excluding hydrogens is 468 g/mol. The molecule has 1 amide bonds. The highest BCUT2D eigenvalue weighted by Gasteiger charge is 2.28. The first-order valence-electron chi connectivity index (χ1n) is 11.4. The summed E-state index contributed by atoms with van der Waals surface area (Å²) in [6, 6.07) is 14.1. The summed E-state index contributed by atoms with van der Waals surface area (Å²) in [6.07, 6.45) is 1.31. The number of anilines is 1. The van der Waals surface area contributed by atoms with E-state index >= 15 is 0 Å². The Morgan fingerprint density at radius 2 is 1.86 bits per heavy atom. The first-order valence-corrected chi connectivity index (χ1v) is 12.9. The van der Waals surface area contributed by atoms with Crippen LogP contribution in [0.15, 0.2) is 57.8 Å². The van der Waals surface area contributed by atoms with Crippen molar-refractivity contribution in [3.8, 4) is 0 Å². The van der Waals surface area contributed by atoms with E-state index in [0.29, 0.717) is 11.9 Å². The van der Waals surface area contributed by atoms with Gasteiger partial charge in [-0.15, -0.1) is 0 Å². The van der Waals surface area contributed by atoms with Crippen molar-refractivity contribution in [3.63, 3.8) is 0 Å².